The first-order valence-corrected chi connectivity index (χ1v) is 5.38. The molecule has 0 aromatic carbocycles. The first-order chi connectivity index (χ1) is 8.69. The van der Waals surface area contributed by atoms with Crippen LogP contribution in [0, 0.1) is 6.92 Å². The third-order valence-electron chi connectivity index (χ3n) is 2.27. The van der Waals surface area contributed by atoms with Crippen molar-refractivity contribution in [3.05, 3.63) is 41.7 Å². The minimum absolute atomic E-state index is 0.165. The minimum Gasteiger partial charge on any atom is -0.465 e. The number of hydrogen-bond acceptors (Lipinski definition) is 6. The lowest BCUT2D eigenvalue weighted by Crippen LogP contribution is -2.08. The fourth-order valence-corrected chi connectivity index (χ4v) is 1.41. The predicted octanol–water partition coefficient (Wildman–Crippen LogP) is 1.78. The maximum atomic E-state index is 11.3. The van der Waals surface area contributed by atoms with Crippen LogP contribution >= 0.6 is 0 Å². The van der Waals surface area contributed by atoms with Gasteiger partial charge < -0.3 is 14.5 Å². The van der Waals surface area contributed by atoms with E-state index in [4.69, 9.17) is 4.42 Å². The number of ether oxygens (including phenoxy) is 1. The van der Waals surface area contributed by atoms with E-state index in [1.54, 1.807) is 0 Å². The van der Waals surface area contributed by atoms with Gasteiger partial charge in [0.15, 0.2) is 5.69 Å². The van der Waals surface area contributed by atoms with E-state index in [2.05, 4.69) is 20.0 Å². The van der Waals surface area contributed by atoms with Gasteiger partial charge in [0.1, 0.15) is 17.3 Å². The molecule has 1 N–H and O–H groups in total. The Kier molecular flexibility index (Phi) is 3.57. The summed E-state index contributed by atoms with van der Waals surface area (Å²) in [5.74, 6) is 1.62. The number of nitrogens with one attached hydrogen (secondary N) is 1. The number of hydrogen-bond donors (Lipinski definition) is 1. The van der Waals surface area contributed by atoms with Gasteiger partial charge in [-0.15, -0.1) is 0 Å². The molecule has 0 spiro atoms. The van der Waals surface area contributed by atoms with Crippen LogP contribution < -0.4 is 5.32 Å². The minimum atomic E-state index is -0.514. The molecule has 0 saturated carbocycles. The first kappa shape index (κ1) is 12.1. The summed E-state index contributed by atoms with van der Waals surface area (Å²) in [4.78, 5) is 19.3. The second-order valence-electron chi connectivity index (χ2n) is 3.65. The highest BCUT2D eigenvalue weighted by Gasteiger charge is 2.08. The van der Waals surface area contributed by atoms with E-state index in [-0.39, 0.29) is 5.69 Å². The number of rotatable bonds is 4. The van der Waals surface area contributed by atoms with Crippen LogP contribution in [-0.4, -0.2) is 23.0 Å². The Bertz CT molecular complexity index is 551. The van der Waals surface area contributed by atoms with Crippen LogP contribution in [0.15, 0.2) is 28.9 Å². The molecule has 2 rings (SSSR count). The van der Waals surface area contributed by atoms with E-state index in [1.165, 1.54) is 19.5 Å². The van der Waals surface area contributed by atoms with Crippen LogP contribution in [0.3, 0.4) is 0 Å². The summed E-state index contributed by atoms with van der Waals surface area (Å²) in [7, 11) is 1.30. The molecule has 2 aromatic rings. The van der Waals surface area contributed by atoms with Crippen molar-refractivity contribution in [1.29, 1.82) is 0 Å². The van der Waals surface area contributed by atoms with Gasteiger partial charge in [0, 0.05) is 0 Å². The maximum absolute atomic E-state index is 11.3. The number of furan rings is 1. The van der Waals surface area contributed by atoms with Crippen LogP contribution in [0.2, 0.25) is 0 Å². The number of carbonyl (C=O) groups excluding carboxylic acids is 1. The molecule has 6 nitrogen and oxygen atoms in total. The van der Waals surface area contributed by atoms with Gasteiger partial charge in [-0.1, -0.05) is 0 Å². The molecule has 0 amide bonds. The average molecular weight is 247 g/mol. The number of carbonyl (C=O) groups is 1. The van der Waals surface area contributed by atoms with Crippen LogP contribution in [0.5, 0.6) is 0 Å². The van der Waals surface area contributed by atoms with Crippen molar-refractivity contribution in [3.8, 4) is 0 Å². The van der Waals surface area contributed by atoms with Gasteiger partial charge in [0.25, 0.3) is 0 Å². The second kappa shape index (κ2) is 5.31. The molecule has 18 heavy (non-hydrogen) atoms. The van der Waals surface area contributed by atoms with Crippen molar-refractivity contribution in [3.63, 3.8) is 0 Å². The van der Waals surface area contributed by atoms with E-state index in [9.17, 15) is 4.79 Å². The molecule has 0 aliphatic rings. The summed E-state index contributed by atoms with van der Waals surface area (Å²) in [6.07, 6.45) is 2.89. The number of esters is 1. The highest BCUT2D eigenvalue weighted by molar-refractivity contribution is 5.87. The third-order valence-corrected chi connectivity index (χ3v) is 2.27. The smallest absolute Gasteiger partial charge is 0.358 e. The highest BCUT2D eigenvalue weighted by Crippen LogP contribution is 2.09. The number of methoxy groups -OCH3 is 1. The molecule has 94 valence electrons. The monoisotopic (exact) mass is 247 g/mol. The normalized spacial score (nSPS) is 10.1. The Hall–Kier alpha value is -2.37. The van der Waals surface area contributed by atoms with Gasteiger partial charge in [-0.25, -0.2) is 9.78 Å². The molecule has 0 saturated heterocycles. The van der Waals surface area contributed by atoms with Crippen LogP contribution in [0.1, 0.15) is 22.0 Å². The van der Waals surface area contributed by atoms with E-state index in [0.717, 1.165) is 11.5 Å². The Labute approximate surface area is 104 Å². The van der Waals surface area contributed by atoms with Crippen molar-refractivity contribution >= 4 is 11.8 Å². The van der Waals surface area contributed by atoms with E-state index in [1.807, 2.05) is 19.1 Å². The molecule has 0 aliphatic heterocycles. The molecule has 0 atom stereocenters. The SMILES string of the molecule is COC(=O)c1cncc(NCc2ccc(C)o2)n1. The van der Waals surface area contributed by atoms with Crippen LogP contribution in [0.4, 0.5) is 5.82 Å². The molecule has 2 heterocycles. The van der Waals surface area contributed by atoms with E-state index in [0.29, 0.717) is 12.4 Å². The summed E-state index contributed by atoms with van der Waals surface area (Å²) < 4.78 is 9.97. The quantitative estimate of drug-likeness (QED) is 0.830. The Morgan fingerprint density at radius 1 is 1.44 bits per heavy atom. The van der Waals surface area contributed by atoms with E-state index >= 15 is 0 Å². The van der Waals surface area contributed by atoms with Gasteiger partial charge >= 0.3 is 5.97 Å². The van der Waals surface area contributed by atoms with Crippen molar-refractivity contribution in [2.75, 3.05) is 12.4 Å². The largest absolute Gasteiger partial charge is 0.465 e. The molecular formula is C12H13N3O3. The van der Waals surface area contributed by atoms with Gasteiger partial charge in [0.2, 0.25) is 0 Å². The highest BCUT2D eigenvalue weighted by atomic mass is 16.5. The standard InChI is InChI=1S/C12H13N3O3/c1-8-3-4-9(18-8)5-14-11-7-13-6-10(15-11)12(16)17-2/h3-4,6-7H,5H2,1-2H3,(H,14,15). The number of aryl methyl sites for hydroxylation is 1. The molecule has 0 radical (unpaired) electrons. The maximum Gasteiger partial charge on any atom is 0.358 e. The molecule has 0 bridgehead atoms. The number of nitrogens with zero attached hydrogens (tertiary/aromatic N) is 2. The molecular weight excluding hydrogens is 234 g/mol. The lowest BCUT2D eigenvalue weighted by molar-refractivity contribution is 0.0593. The topological polar surface area (TPSA) is 77.2 Å². The zero-order valence-electron chi connectivity index (χ0n) is 10.1. The average Bonchev–Trinajstić information content (AvgIpc) is 2.81. The van der Waals surface area contributed by atoms with Crippen molar-refractivity contribution in [1.82, 2.24) is 9.97 Å². The molecule has 0 fully saturated rings. The summed E-state index contributed by atoms with van der Waals surface area (Å²) in [5, 5.41) is 3.02. The number of anilines is 1. The van der Waals surface area contributed by atoms with Gasteiger partial charge in [-0.3, -0.25) is 4.98 Å². The van der Waals surface area contributed by atoms with Gasteiger partial charge in [0.05, 0.1) is 26.0 Å². The van der Waals surface area contributed by atoms with Crippen molar-refractivity contribution in [2.45, 2.75) is 13.5 Å². The first-order valence-electron chi connectivity index (χ1n) is 5.38. The molecule has 0 unspecified atom stereocenters. The molecule has 6 heteroatoms. The molecule has 0 aliphatic carbocycles. The third kappa shape index (κ3) is 2.85. The Balaban J connectivity index is 2.03. The van der Waals surface area contributed by atoms with Gasteiger partial charge in [-0.2, -0.15) is 0 Å². The summed E-state index contributed by atoms with van der Waals surface area (Å²) in [6, 6.07) is 3.76. The fourth-order valence-electron chi connectivity index (χ4n) is 1.41. The summed E-state index contributed by atoms with van der Waals surface area (Å²) in [6.45, 7) is 2.36. The van der Waals surface area contributed by atoms with Crippen LogP contribution in [-0.2, 0) is 11.3 Å². The van der Waals surface area contributed by atoms with Crippen molar-refractivity contribution in [2.24, 2.45) is 0 Å². The zero-order chi connectivity index (χ0) is 13.0. The zero-order valence-corrected chi connectivity index (χ0v) is 10.1. The predicted molar refractivity (Wildman–Crippen MR) is 64.1 cm³/mol. The summed E-state index contributed by atoms with van der Waals surface area (Å²) in [5.41, 5.74) is 0.165. The van der Waals surface area contributed by atoms with Crippen molar-refractivity contribution < 1.29 is 13.9 Å². The summed E-state index contributed by atoms with van der Waals surface area (Å²) >= 11 is 0. The fraction of sp³-hybridized carbons (Fsp3) is 0.250. The van der Waals surface area contributed by atoms with E-state index < -0.39 is 5.97 Å². The number of aromatic nitrogens is 2. The lowest BCUT2D eigenvalue weighted by Gasteiger charge is -2.04. The lowest BCUT2D eigenvalue weighted by atomic mass is 10.4. The van der Waals surface area contributed by atoms with Crippen LogP contribution in [0.25, 0.3) is 0 Å². The Morgan fingerprint density at radius 2 is 2.28 bits per heavy atom. The second-order valence-corrected chi connectivity index (χ2v) is 3.65. The Morgan fingerprint density at radius 3 is 2.94 bits per heavy atom. The van der Waals surface area contributed by atoms with Gasteiger partial charge in [-0.05, 0) is 19.1 Å². The molecule has 2 aromatic heterocycles.